The van der Waals surface area contributed by atoms with Gasteiger partial charge in [0, 0.05) is 24.7 Å². The van der Waals surface area contributed by atoms with Crippen LogP contribution in [-0.2, 0) is 11.2 Å². The van der Waals surface area contributed by atoms with Gasteiger partial charge in [-0.1, -0.05) is 0 Å². The highest BCUT2D eigenvalue weighted by molar-refractivity contribution is 5.78. The standard InChI is InChI=1S/C18H24F2N2O/c1-21-7-2-4-18(21)5-3-8-22(9-6-18)17(23)12-14-10-15(19)13-16(20)11-14/h10-11,13H,2-9,12H2,1H3/t18-/m1/s1. The maximum absolute atomic E-state index is 13.3. The van der Waals surface area contributed by atoms with E-state index in [2.05, 4.69) is 11.9 Å². The summed E-state index contributed by atoms with van der Waals surface area (Å²) in [5.41, 5.74) is 0.657. The fourth-order valence-electron chi connectivity index (χ4n) is 4.13. The molecule has 3 rings (SSSR count). The first-order valence-electron chi connectivity index (χ1n) is 8.43. The van der Waals surface area contributed by atoms with Crippen LogP contribution in [0.3, 0.4) is 0 Å². The van der Waals surface area contributed by atoms with Crippen molar-refractivity contribution in [3.63, 3.8) is 0 Å². The largest absolute Gasteiger partial charge is 0.342 e. The number of amides is 1. The van der Waals surface area contributed by atoms with Gasteiger partial charge in [0.05, 0.1) is 6.42 Å². The van der Waals surface area contributed by atoms with Crippen molar-refractivity contribution < 1.29 is 13.6 Å². The van der Waals surface area contributed by atoms with Gasteiger partial charge in [-0.15, -0.1) is 0 Å². The fourth-order valence-corrected chi connectivity index (χ4v) is 4.13. The molecule has 0 bridgehead atoms. The van der Waals surface area contributed by atoms with E-state index < -0.39 is 11.6 Å². The van der Waals surface area contributed by atoms with Crippen molar-refractivity contribution >= 4 is 5.91 Å². The second-order valence-corrected chi connectivity index (χ2v) is 6.94. The van der Waals surface area contributed by atoms with E-state index in [1.54, 1.807) is 0 Å². The molecule has 2 saturated heterocycles. The molecule has 2 fully saturated rings. The molecule has 1 spiro atoms. The van der Waals surface area contributed by atoms with Crippen molar-refractivity contribution in [1.82, 2.24) is 9.80 Å². The molecule has 2 aliphatic heterocycles. The molecule has 1 atom stereocenters. The predicted octanol–water partition coefficient (Wildman–Crippen LogP) is 2.98. The van der Waals surface area contributed by atoms with Crippen molar-refractivity contribution in [2.24, 2.45) is 0 Å². The van der Waals surface area contributed by atoms with E-state index in [1.807, 2.05) is 4.90 Å². The minimum Gasteiger partial charge on any atom is -0.342 e. The van der Waals surface area contributed by atoms with Crippen LogP contribution in [-0.4, -0.2) is 47.9 Å². The third kappa shape index (κ3) is 3.55. The van der Waals surface area contributed by atoms with Crippen molar-refractivity contribution in [2.45, 2.75) is 44.1 Å². The quantitative estimate of drug-likeness (QED) is 0.836. The van der Waals surface area contributed by atoms with Crippen LogP contribution in [0.25, 0.3) is 0 Å². The van der Waals surface area contributed by atoms with Gasteiger partial charge in [-0.3, -0.25) is 4.79 Å². The van der Waals surface area contributed by atoms with Gasteiger partial charge in [-0.2, -0.15) is 0 Å². The molecular formula is C18H24F2N2O. The third-order valence-corrected chi connectivity index (χ3v) is 5.49. The summed E-state index contributed by atoms with van der Waals surface area (Å²) in [5.74, 6) is -1.29. The highest BCUT2D eigenvalue weighted by Crippen LogP contribution is 2.37. The summed E-state index contributed by atoms with van der Waals surface area (Å²) in [6.45, 7) is 2.61. The van der Waals surface area contributed by atoms with Gasteiger partial charge in [0.25, 0.3) is 0 Å². The number of carbonyl (C=O) groups excluding carboxylic acids is 1. The minimum atomic E-state index is -0.629. The summed E-state index contributed by atoms with van der Waals surface area (Å²) in [5, 5.41) is 0. The Morgan fingerprint density at radius 3 is 2.30 bits per heavy atom. The number of carbonyl (C=O) groups is 1. The summed E-state index contributed by atoms with van der Waals surface area (Å²) in [6, 6.07) is 3.32. The van der Waals surface area contributed by atoms with Crippen LogP contribution in [0.5, 0.6) is 0 Å². The molecule has 1 aromatic rings. The Labute approximate surface area is 136 Å². The Morgan fingerprint density at radius 1 is 1.04 bits per heavy atom. The Morgan fingerprint density at radius 2 is 1.70 bits per heavy atom. The summed E-state index contributed by atoms with van der Waals surface area (Å²) >= 11 is 0. The Kier molecular flexibility index (Phi) is 4.67. The number of hydrogen-bond acceptors (Lipinski definition) is 2. The van der Waals surface area contributed by atoms with E-state index in [-0.39, 0.29) is 17.9 Å². The summed E-state index contributed by atoms with van der Waals surface area (Å²) < 4.78 is 26.5. The van der Waals surface area contributed by atoms with Gasteiger partial charge in [-0.05, 0) is 63.4 Å². The Balaban J connectivity index is 1.64. The van der Waals surface area contributed by atoms with Gasteiger partial charge in [0.1, 0.15) is 11.6 Å². The van der Waals surface area contributed by atoms with Crippen LogP contribution in [0.1, 0.15) is 37.7 Å². The highest BCUT2D eigenvalue weighted by atomic mass is 19.1. The van der Waals surface area contributed by atoms with Gasteiger partial charge >= 0.3 is 0 Å². The van der Waals surface area contributed by atoms with E-state index in [0.717, 1.165) is 45.0 Å². The SMILES string of the molecule is CN1CCC[C@]12CCCN(C(=O)Cc1cc(F)cc(F)c1)CC2. The highest BCUT2D eigenvalue weighted by Gasteiger charge is 2.39. The molecule has 0 aliphatic carbocycles. The lowest BCUT2D eigenvalue weighted by atomic mass is 9.88. The topological polar surface area (TPSA) is 23.6 Å². The van der Waals surface area contributed by atoms with Crippen molar-refractivity contribution in [3.05, 3.63) is 35.4 Å². The lowest BCUT2D eigenvalue weighted by Gasteiger charge is -2.35. The first kappa shape index (κ1) is 16.4. The Hall–Kier alpha value is -1.49. The molecule has 0 N–H and O–H groups in total. The minimum absolute atomic E-state index is 0.0345. The van der Waals surface area contributed by atoms with Crippen LogP contribution in [0, 0.1) is 11.6 Å². The number of hydrogen-bond donors (Lipinski definition) is 0. The number of halogens is 2. The molecule has 2 heterocycles. The van der Waals surface area contributed by atoms with Gasteiger partial charge in [0.2, 0.25) is 5.91 Å². The van der Waals surface area contributed by atoms with E-state index in [4.69, 9.17) is 0 Å². The molecule has 3 nitrogen and oxygen atoms in total. The van der Waals surface area contributed by atoms with Crippen LogP contribution >= 0.6 is 0 Å². The zero-order chi connectivity index (χ0) is 16.4. The molecule has 0 aromatic heterocycles. The maximum atomic E-state index is 13.3. The smallest absolute Gasteiger partial charge is 0.226 e. The molecule has 1 aromatic carbocycles. The molecule has 5 heteroatoms. The van der Waals surface area contributed by atoms with Gasteiger partial charge < -0.3 is 9.80 Å². The zero-order valence-corrected chi connectivity index (χ0v) is 13.7. The molecule has 2 aliphatic rings. The Bertz CT molecular complexity index is 572. The molecule has 0 radical (unpaired) electrons. The molecule has 126 valence electrons. The first-order valence-corrected chi connectivity index (χ1v) is 8.43. The van der Waals surface area contributed by atoms with Gasteiger partial charge in [-0.25, -0.2) is 8.78 Å². The van der Waals surface area contributed by atoms with Crippen molar-refractivity contribution in [3.8, 4) is 0 Å². The monoisotopic (exact) mass is 322 g/mol. The summed E-state index contributed by atoms with van der Waals surface area (Å²) in [7, 11) is 2.18. The average molecular weight is 322 g/mol. The molecule has 0 saturated carbocycles. The number of rotatable bonds is 2. The molecule has 23 heavy (non-hydrogen) atoms. The van der Waals surface area contributed by atoms with Crippen LogP contribution < -0.4 is 0 Å². The number of likely N-dealkylation sites (tertiary alicyclic amines) is 2. The second kappa shape index (κ2) is 6.56. The average Bonchev–Trinajstić information content (AvgIpc) is 2.69. The van der Waals surface area contributed by atoms with Crippen LogP contribution in [0.4, 0.5) is 8.78 Å². The lowest BCUT2D eigenvalue weighted by Crippen LogP contribution is -2.42. The normalized spacial score (nSPS) is 25.8. The first-order chi connectivity index (χ1) is 11.0. The van der Waals surface area contributed by atoms with E-state index in [1.165, 1.54) is 25.0 Å². The lowest BCUT2D eigenvalue weighted by molar-refractivity contribution is -0.130. The third-order valence-electron chi connectivity index (χ3n) is 5.49. The van der Waals surface area contributed by atoms with E-state index in [9.17, 15) is 13.6 Å². The van der Waals surface area contributed by atoms with Crippen LogP contribution in [0.2, 0.25) is 0 Å². The van der Waals surface area contributed by atoms with E-state index >= 15 is 0 Å². The molecule has 0 unspecified atom stereocenters. The van der Waals surface area contributed by atoms with Crippen LogP contribution in [0.15, 0.2) is 18.2 Å². The number of benzene rings is 1. The van der Waals surface area contributed by atoms with Crippen molar-refractivity contribution in [2.75, 3.05) is 26.7 Å². The summed E-state index contributed by atoms with van der Waals surface area (Å²) in [6.07, 6.45) is 5.62. The fraction of sp³-hybridized carbons (Fsp3) is 0.611. The molecular weight excluding hydrogens is 298 g/mol. The molecule has 1 amide bonds. The summed E-state index contributed by atoms with van der Waals surface area (Å²) in [4.78, 5) is 16.8. The van der Waals surface area contributed by atoms with Crippen molar-refractivity contribution in [1.29, 1.82) is 0 Å². The van der Waals surface area contributed by atoms with Gasteiger partial charge in [0.15, 0.2) is 0 Å². The van der Waals surface area contributed by atoms with E-state index in [0.29, 0.717) is 5.56 Å². The predicted molar refractivity (Wildman–Crippen MR) is 85.1 cm³/mol. The number of nitrogens with zero attached hydrogens (tertiary/aromatic N) is 2. The maximum Gasteiger partial charge on any atom is 0.226 e. The zero-order valence-electron chi connectivity index (χ0n) is 13.7. The second-order valence-electron chi connectivity index (χ2n) is 6.94.